The molecule has 114 valence electrons. The fourth-order valence-corrected chi connectivity index (χ4v) is 3.50. The Morgan fingerprint density at radius 1 is 1.33 bits per heavy atom. The second kappa shape index (κ2) is 7.36. The zero-order chi connectivity index (χ0) is 15.2. The fourth-order valence-electron chi connectivity index (χ4n) is 2.43. The maximum absolute atomic E-state index is 12.3. The molecule has 1 aliphatic rings. The summed E-state index contributed by atoms with van der Waals surface area (Å²) in [5.41, 5.74) is 7.41. The van der Waals surface area contributed by atoms with E-state index in [2.05, 4.69) is 0 Å². The second-order valence-electron chi connectivity index (χ2n) is 5.16. The van der Waals surface area contributed by atoms with Crippen LogP contribution in [0.2, 0.25) is 0 Å². The van der Waals surface area contributed by atoms with Gasteiger partial charge in [-0.05, 0) is 24.1 Å². The lowest BCUT2D eigenvalue weighted by Crippen LogP contribution is -2.47. The molecule has 1 aromatic carbocycles. The number of carboxylic acid groups (broad SMARTS) is 1. The highest BCUT2D eigenvalue weighted by atomic mass is 32.2. The van der Waals surface area contributed by atoms with Crippen LogP contribution in [0.25, 0.3) is 0 Å². The van der Waals surface area contributed by atoms with Gasteiger partial charge in [-0.15, -0.1) is 0 Å². The number of benzene rings is 1. The van der Waals surface area contributed by atoms with Gasteiger partial charge in [0.05, 0.1) is 12.5 Å². The van der Waals surface area contributed by atoms with E-state index >= 15 is 0 Å². The van der Waals surface area contributed by atoms with E-state index in [0.717, 1.165) is 11.3 Å². The molecule has 0 aromatic heterocycles. The molecule has 5 nitrogen and oxygen atoms in total. The average molecular weight is 308 g/mol. The normalized spacial score (nSPS) is 18.5. The Labute approximate surface area is 128 Å². The van der Waals surface area contributed by atoms with Crippen LogP contribution in [0.3, 0.4) is 0 Å². The molecule has 2 rings (SSSR count). The van der Waals surface area contributed by atoms with Gasteiger partial charge in [0.1, 0.15) is 0 Å². The van der Waals surface area contributed by atoms with Crippen LogP contribution in [0.15, 0.2) is 24.3 Å². The summed E-state index contributed by atoms with van der Waals surface area (Å²) in [5.74, 6) is 0.779. The van der Waals surface area contributed by atoms with Gasteiger partial charge in [-0.2, -0.15) is 11.8 Å². The molecule has 0 saturated carbocycles. The Kier molecular flexibility index (Phi) is 5.50. The van der Waals surface area contributed by atoms with Gasteiger partial charge in [0.2, 0.25) is 5.91 Å². The van der Waals surface area contributed by atoms with Gasteiger partial charge in [-0.1, -0.05) is 12.1 Å². The van der Waals surface area contributed by atoms with Gasteiger partial charge in [0.15, 0.2) is 0 Å². The Hall–Kier alpha value is -1.69. The van der Waals surface area contributed by atoms with E-state index in [-0.39, 0.29) is 18.4 Å². The minimum Gasteiger partial charge on any atom is -0.481 e. The lowest BCUT2D eigenvalue weighted by atomic mass is 10.1. The van der Waals surface area contributed by atoms with Crippen LogP contribution in [0.1, 0.15) is 18.4 Å². The third-order valence-corrected chi connectivity index (χ3v) is 4.66. The number of aliphatic carboxylic acids is 1. The van der Waals surface area contributed by atoms with Gasteiger partial charge in [-0.25, -0.2) is 0 Å². The topological polar surface area (TPSA) is 83.6 Å². The van der Waals surface area contributed by atoms with Gasteiger partial charge >= 0.3 is 5.97 Å². The smallest absolute Gasteiger partial charge is 0.305 e. The third-order valence-electron chi connectivity index (χ3n) is 3.57. The van der Waals surface area contributed by atoms with E-state index in [0.29, 0.717) is 30.8 Å². The molecule has 1 fully saturated rings. The summed E-state index contributed by atoms with van der Waals surface area (Å²) >= 11 is 1.71. The lowest BCUT2D eigenvalue weighted by Gasteiger charge is -2.34. The molecule has 6 heteroatoms. The highest BCUT2D eigenvalue weighted by molar-refractivity contribution is 7.99. The molecular weight excluding hydrogens is 288 g/mol. The van der Waals surface area contributed by atoms with Crippen molar-refractivity contribution in [3.63, 3.8) is 0 Å². The van der Waals surface area contributed by atoms with Crippen LogP contribution in [-0.2, 0) is 16.0 Å². The highest BCUT2D eigenvalue weighted by Crippen LogP contribution is 2.20. The third kappa shape index (κ3) is 4.67. The molecule has 0 bridgehead atoms. The number of nitrogens with two attached hydrogens (primary N) is 1. The number of rotatable bonds is 5. The van der Waals surface area contributed by atoms with E-state index in [1.807, 2.05) is 24.3 Å². The summed E-state index contributed by atoms with van der Waals surface area (Å²) in [6.07, 6.45) is 1.09. The van der Waals surface area contributed by atoms with Crippen molar-refractivity contribution in [1.29, 1.82) is 0 Å². The van der Waals surface area contributed by atoms with Gasteiger partial charge in [-0.3, -0.25) is 9.59 Å². The van der Waals surface area contributed by atoms with E-state index < -0.39 is 5.97 Å². The maximum atomic E-state index is 12.3. The van der Waals surface area contributed by atoms with Crippen LogP contribution in [0.5, 0.6) is 0 Å². The Balaban J connectivity index is 1.91. The van der Waals surface area contributed by atoms with Gasteiger partial charge in [0, 0.05) is 30.2 Å². The predicted octanol–water partition coefficient (Wildman–Crippen LogP) is 1.62. The van der Waals surface area contributed by atoms with Crippen molar-refractivity contribution < 1.29 is 14.7 Å². The molecule has 0 spiro atoms. The number of carbonyl (C=O) groups excluding carboxylic acids is 1. The van der Waals surface area contributed by atoms with Crippen molar-refractivity contribution in [2.45, 2.75) is 25.3 Å². The van der Waals surface area contributed by atoms with Crippen molar-refractivity contribution in [3.05, 3.63) is 29.8 Å². The molecule has 1 saturated heterocycles. The van der Waals surface area contributed by atoms with E-state index in [9.17, 15) is 9.59 Å². The quantitative estimate of drug-likeness (QED) is 0.808. The first-order chi connectivity index (χ1) is 10.1. The summed E-state index contributed by atoms with van der Waals surface area (Å²) in [6, 6.07) is 7.31. The molecular formula is C15H20N2O3S. The van der Waals surface area contributed by atoms with Crippen LogP contribution in [0.4, 0.5) is 5.69 Å². The standard InChI is InChI=1S/C15H20N2O3S/c16-12-4-1-11(2-5-12)3-6-14(18)17-7-8-21-10-13(17)9-15(19)20/h1-2,4-5,13H,3,6-10,16H2,(H,19,20). The van der Waals surface area contributed by atoms with Crippen LogP contribution >= 0.6 is 11.8 Å². The molecule has 1 amide bonds. The number of anilines is 1. The van der Waals surface area contributed by atoms with E-state index in [1.165, 1.54) is 0 Å². The summed E-state index contributed by atoms with van der Waals surface area (Å²) in [7, 11) is 0. The van der Waals surface area contributed by atoms with E-state index in [1.54, 1.807) is 16.7 Å². The number of aryl methyl sites for hydroxylation is 1. The Morgan fingerprint density at radius 3 is 2.71 bits per heavy atom. The van der Waals surface area contributed by atoms with Crippen molar-refractivity contribution in [2.75, 3.05) is 23.8 Å². The van der Waals surface area contributed by atoms with Crippen molar-refractivity contribution in [3.8, 4) is 0 Å². The molecule has 21 heavy (non-hydrogen) atoms. The largest absolute Gasteiger partial charge is 0.481 e. The number of hydrogen-bond acceptors (Lipinski definition) is 4. The zero-order valence-electron chi connectivity index (χ0n) is 11.8. The van der Waals surface area contributed by atoms with Gasteiger partial charge in [0.25, 0.3) is 0 Å². The number of carboxylic acids is 1. The number of carbonyl (C=O) groups is 2. The fraction of sp³-hybridized carbons (Fsp3) is 0.467. The number of nitrogens with zero attached hydrogens (tertiary/aromatic N) is 1. The number of thioether (sulfide) groups is 1. The zero-order valence-corrected chi connectivity index (χ0v) is 12.6. The first kappa shape index (κ1) is 15.7. The number of hydrogen-bond donors (Lipinski definition) is 2. The summed E-state index contributed by atoms with van der Waals surface area (Å²) < 4.78 is 0. The highest BCUT2D eigenvalue weighted by Gasteiger charge is 2.28. The van der Waals surface area contributed by atoms with Crippen LogP contribution in [0, 0.1) is 0 Å². The van der Waals surface area contributed by atoms with Crippen LogP contribution in [-0.4, -0.2) is 46.0 Å². The molecule has 0 aliphatic carbocycles. The second-order valence-corrected chi connectivity index (χ2v) is 6.31. The summed E-state index contributed by atoms with van der Waals surface area (Å²) in [6.45, 7) is 0.642. The minimum absolute atomic E-state index is 0.0284. The molecule has 1 unspecified atom stereocenters. The molecule has 1 heterocycles. The Morgan fingerprint density at radius 2 is 2.05 bits per heavy atom. The predicted molar refractivity (Wildman–Crippen MR) is 84.3 cm³/mol. The van der Waals surface area contributed by atoms with E-state index in [4.69, 9.17) is 10.8 Å². The molecule has 1 aliphatic heterocycles. The lowest BCUT2D eigenvalue weighted by molar-refractivity contribution is -0.140. The molecule has 3 N–H and O–H groups in total. The SMILES string of the molecule is Nc1ccc(CCC(=O)N2CCSCC2CC(=O)O)cc1. The number of nitrogen functional groups attached to an aromatic ring is 1. The summed E-state index contributed by atoms with van der Waals surface area (Å²) in [5, 5.41) is 8.94. The molecule has 0 radical (unpaired) electrons. The number of amides is 1. The first-order valence-corrected chi connectivity index (χ1v) is 8.15. The van der Waals surface area contributed by atoms with Gasteiger partial charge < -0.3 is 15.7 Å². The maximum Gasteiger partial charge on any atom is 0.305 e. The average Bonchev–Trinajstić information content (AvgIpc) is 2.46. The van der Waals surface area contributed by atoms with Crippen molar-refractivity contribution in [2.24, 2.45) is 0 Å². The minimum atomic E-state index is -0.848. The van der Waals surface area contributed by atoms with Crippen LogP contribution < -0.4 is 5.73 Å². The molecule has 1 atom stereocenters. The van der Waals surface area contributed by atoms with Crippen molar-refractivity contribution >= 4 is 29.3 Å². The van der Waals surface area contributed by atoms with Crippen molar-refractivity contribution in [1.82, 2.24) is 4.90 Å². The molecule has 1 aromatic rings. The Bertz CT molecular complexity index is 504. The first-order valence-electron chi connectivity index (χ1n) is 6.99. The summed E-state index contributed by atoms with van der Waals surface area (Å²) in [4.78, 5) is 25.0. The monoisotopic (exact) mass is 308 g/mol.